The highest BCUT2D eigenvalue weighted by Crippen LogP contribution is 1.78. The second-order valence-electron chi connectivity index (χ2n) is 1.75. The number of nitrogens with one attached hydrogen (secondary N) is 1. The Balaban J connectivity index is 3.75. The molecule has 0 amide bonds. The van der Waals surface area contributed by atoms with Crippen molar-refractivity contribution in [1.29, 1.82) is 0 Å². The van der Waals surface area contributed by atoms with Crippen LogP contribution in [-0.2, 0) is 10.2 Å². The van der Waals surface area contributed by atoms with Gasteiger partial charge in [0.2, 0.25) is 0 Å². The van der Waals surface area contributed by atoms with E-state index in [2.05, 4.69) is 5.14 Å². The maximum atomic E-state index is 10.2. The monoisotopic (exact) mass is 154 g/mol. The molecule has 0 saturated carbocycles. The Bertz CT molecular complexity index is 164. The molecule has 6 heteroatoms. The SMILES string of the molecule is C[C@H](CO)NS(N)(=O)=O. The van der Waals surface area contributed by atoms with E-state index in [-0.39, 0.29) is 6.61 Å². The third-order valence-corrected chi connectivity index (χ3v) is 1.37. The predicted octanol–water partition coefficient (Wildman–Crippen LogP) is -1.84. The molecule has 0 radical (unpaired) electrons. The van der Waals surface area contributed by atoms with Crippen LogP contribution in [0.15, 0.2) is 0 Å². The molecule has 0 heterocycles. The van der Waals surface area contributed by atoms with Crippen molar-refractivity contribution in [3.63, 3.8) is 0 Å². The summed E-state index contributed by atoms with van der Waals surface area (Å²) in [6.07, 6.45) is 0. The number of hydrogen-bond acceptors (Lipinski definition) is 3. The van der Waals surface area contributed by atoms with Gasteiger partial charge < -0.3 is 5.11 Å². The quantitative estimate of drug-likeness (QED) is 0.446. The van der Waals surface area contributed by atoms with Crippen LogP contribution in [0.1, 0.15) is 6.92 Å². The van der Waals surface area contributed by atoms with E-state index in [4.69, 9.17) is 5.11 Å². The summed E-state index contributed by atoms with van der Waals surface area (Å²) in [5, 5.41) is 12.9. The van der Waals surface area contributed by atoms with Crippen molar-refractivity contribution in [1.82, 2.24) is 4.72 Å². The van der Waals surface area contributed by atoms with E-state index in [1.807, 2.05) is 4.72 Å². The molecule has 0 aromatic heterocycles. The van der Waals surface area contributed by atoms with E-state index in [1.54, 1.807) is 0 Å². The molecule has 0 aromatic carbocycles. The molecular weight excluding hydrogens is 144 g/mol. The van der Waals surface area contributed by atoms with Gasteiger partial charge in [0.25, 0.3) is 10.2 Å². The topological polar surface area (TPSA) is 92.4 Å². The van der Waals surface area contributed by atoms with Crippen LogP contribution in [0, 0.1) is 0 Å². The van der Waals surface area contributed by atoms with Gasteiger partial charge in [-0.15, -0.1) is 0 Å². The number of aliphatic hydroxyl groups is 1. The van der Waals surface area contributed by atoms with E-state index in [9.17, 15) is 8.42 Å². The first-order chi connectivity index (χ1) is 3.95. The Hall–Kier alpha value is -0.170. The molecular formula is C3H10N2O3S. The van der Waals surface area contributed by atoms with Gasteiger partial charge in [-0.25, -0.2) is 5.14 Å². The molecule has 0 aromatic rings. The zero-order valence-corrected chi connectivity index (χ0v) is 5.85. The molecule has 9 heavy (non-hydrogen) atoms. The fourth-order valence-corrected chi connectivity index (χ4v) is 0.953. The minimum atomic E-state index is -3.65. The molecule has 0 unspecified atom stereocenters. The fourth-order valence-electron chi connectivity index (χ4n) is 0.318. The zero-order chi connectivity index (χ0) is 7.49. The molecule has 0 fully saturated rings. The average molecular weight is 154 g/mol. The van der Waals surface area contributed by atoms with Crippen LogP contribution >= 0.6 is 0 Å². The van der Waals surface area contributed by atoms with Crippen molar-refractivity contribution in [2.24, 2.45) is 5.14 Å². The van der Waals surface area contributed by atoms with Gasteiger partial charge in [0.15, 0.2) is 0 Å². The van der Waals surface area contributed by atoms with Crippen LogP contribution in [0.3, 0.4) is 0 Å². The van der Waals surface area contributed by atoms with Gasteiger partial charge in [-0.2, -0.15) is 13.1 Å². The van der Waals surface area contributed by atoms with Crippen LogP contribution in [0.5, 0.6) is 0 Å². The summed E-state index contributed by atoms with van der Waals surface area (Å²) in [6, 6.07) is -0.514. The summed E-state index contributed by atoms with van der Waals surface area (Å²) in [7, 11) is -3.65. The molecule has 0 bridgehead atoms. The third-order valence-electron chi connectivity index (χ3n) is 0.639. The Morgan fingerprint density at radius 1 is 1.78 bits per heavy atom. The summed E-state index contributed by atoms with van der Waals surface area (Å²) in [6.45, 7) is 1.25. The molecule has 0 aliphatic rings. The lowest BCUT2D eigenvalue weighted by molar-refractivity contribution is 0.265. The Morgan fingerprint density at radius 2 is 2.22 bits per heavy atom. The highest BCUT2D eigenvalue weighted by molar-refractivity contribution is 7.87. The van der Waals surface area contributed by atoms with E-state index in [0.717, 1.165) is 0 Å². The van der Waals surface area contributed by atoms with Crippen molar-refractivity contribution in [3.05, 3.63) is 0 Å². The van der Waals surface area contributed by atoms with E-state index in [0.29, 0.717) is 0 Å². The van der Waals surface area contributed by atoms with Gasteiger partial charge in [-0.05, 0) is 6.92 Å². The Morgan fingerprint density at radius 3 is 2.33 bits per heavy atom. The molecule has 1 atom stereocenters. The van der Waals surface area contributed by atoms with Crippen molar-refractivity contribution in [2.45, 2.75) is 13.0 Å². The maximum absolute atomic E-state index is 10.2. The molecule has 0 saturated heterocycles. The van der Waals surface area contributed by atoms with Gasteiger partial charge >= 0.3 is 0 Å². The van der Waals surface area contributed by atoms with Crippen molar-refractivity contribution in [3.8, 4) is 0 Å². The molecule has 56 valence electrons. The molecule has 5 nitrogen and oxygen atoms in total. The highest BCUT2D eigenvalue weighted by atomic mass is 32.2. The van der Waals surface area contributed by atoms with Gasteiger partial charge in [0.1, 0.15) is 0 Å². The summed E-state index contributed by atoms with van der Waals surface area (Å²) < 4.78 is 22.3. The second-order valence-corrected chi connectivity index (χ2v) is 3.07. The molecule has 0 rings (SSSR count). The normalized spacial score (nSPS) is 15.4. The van der Waals surface area contributed by atoms with Crippen molar-refractivity contribution < 1.29 is 13.5 Å². The summed E-state index contributed by atoms with van der Waals surface area (Å²) in [5.74, 6) is 0. The minimum absolute atomic E-state index is 0.254. The molecule has 0 aliphatic heterocycles. The van der Waals surface area contributed by atoms with Gasteiger partial charge in [-0.1, -0.05) is 0 Å². The third kappa shape index (κ3) is 5.71. The van der Waals surface area contributed by atoms with Crippen molar-refractivity contribution >= 4 is 10.2 Å². The van der Waals surface area contributed by atoms with Crippen LogP contribution in [0.2, 0.25) is 0 Å². The standard InChI is InChI=1S/C3H10N2O3S/c1-3(2-6)5-9(4,7)8/h3,5-6H,2H2,1H3,(H2,4,7,8)/t3-/m1/s1. The fraction of sp³-hybridized carbons (Fsp3) is 1.00. The summed E-state index contributed by atoms with van der Waals surface area (Å²) >= 11 is 0. The summed E-state index contributed by atoms with van der Waals surface area (Å²) in [4.78, 5) is 0. The number of hydrogen-bond donors (Lipinski definition) is 3. The van der Waals surface area contributed by atoms with Crippen LogP contribution in [0.4, 0.5) is 0 Å². The predicted molar refractivity (Wildman–Crippen MR) is 32.8 cm³/mol. The van der Waals surface area contributed by atoms with Crippen molar-refractivity contribution in [2.75, 3.05) is 6.61 Å². The molecule has 4 N–H and O–H groups in total. The lowest BCUT2D eigenvalue weighted by Gasteiger charge is -2.06. The summed E-state index contributed by atoms with van der Waals surface area (Å²) in [5.41, 5.74) is 0. The van der Waals surface area contributed by atoms with Crippen LogP contribution in [0.25, 0.3) is 0 Å². The first kappa shape index (κ1) is 8.83. The van der Waals surface area contributed by atoms with Crippen LogP contribution < -0.4 is 9.86 Å². The maximum Gasteiger partial charge on any atom is 0.274 e. The number of rotatable bonds is 3. The molecule has 0 aliphatic carbocycles. The van der Waals surface area contributed by atoms with Crippen LogP contribution in [-0.4, -0.2) is 26.2 Å². The number of aliphatic hydroxyl groups excluding tert-OH is 1. The van der Waals surface area contributed by atoms with E-state index >= 15 is 0 Å². The van der Waals surface area contributed by atoms with Gasteiger partial charge in [0.05, 0.1) is 6.61 Å². The highest BCUT2D eigenvalue weighted by Gasteiger charge is 2.05. The Labute approximate surface area is 54.0 Å². The lowest BCUT2D eigenvalue weighted by Crippen LogP contribution is -2.39. The largest absolute Gasteiger partial charge is 0.395 e. The second kappa shape index (κ2) is 3.11. The average Bonchev–Trinajstić information content (AvgIpc) is 1.62. The first-order valence-corrected chi connectivity index (χ1v) is 3.91. The minimum Gasteiger partial charge on any atom is -0.395 e. The van der Waals surface area contributed by atoms with Gasteiger partial charge in [-0.3, -0.25) is 0 Å². The Kier molecular flexibility index (Phi) is 3.06. The smallest absolute Gasteiger partial charge is 0.274 e. The first-order valence-electron chi connectivity index (χ1n) is 2.36. The van der Waals surface area contributed by atoms with Gasteiger partial charge in [0, 0.05) is 6.04 Å². The zero-order valence-electron chi connectivity index (χ0n) is 5.03. The molecule has 0 spiro atoms. The van der Waals surface area contributed by atoms with E-state index in [1.165, 1.54) is 6.92 Å². The van der Waals surface area contributed by atoms with E-state index < -0.39 is 16.3 Å². The number of nitrogens with two attached hydrogens (primary N) is 1. The lowest BCUT2D eigenvalue weighted by atomic mass is 10.4.